The summed E-state index contributed by atoms with van der Waals surface area (Å²) in [5, 5.41) is 0. The lowest BCUT2D eigenvalue weighted by molar-refractivity contribution is -0.930. The Morgan fingerprint density at radius 1 is 0.707 bits per heavy atom. The number of halogens is 1. The lowest BCUT2D eigenvalue weighted by atomic mass is 9.93. The van der Waals surface area contributed by atoms with Gasteiger partial charge in [0.05, 0.1) is 25.7 Å². The van der Waals surface area contributed by atoms with Gasteiger partial charge in [0.1, 0.15) is 6.04 Å². The van der Waals surface area contributed by atoms with Crippen LogP contribution in [-0.2, 0) is 22.4 Å². The van der Waals surface area contributed by atoms with E-state index in [1.54, 1.807) is 0 Å². The topological polar surface area (TPSA) is 37.4 Å². The van der Waals surface area contributed by atoms with E-state index in [-0.39, 0.29) is 36.1 Å². The monoisotopic (exact) mass is 674 g/mol. The van der Waals surface area contributed by atoms with Crippen molar-refractivity contribution in [3.05, 3.63) is 69.8 Å². The molecule has 0 N–H and O–H groups in total. The van der Waals surface area contributed by atoms with Gasteiger partial charge in [0.25, 0.3) is 0 Å². The van der Waals surface area contributed by atoms with E-state index in [2.05, 4.69) is 89.8 Å². The van der Waals surface area contributed by atoms with Crippen molar-refractivity contribution in [3.63, 3.8) is 0 Å². The second-order valence-corrected chi connectivity index (χ2v) is 12.3. The second-order valence-electron chi connectivity index (χ2n) is 12.3. The van der Waals surface area contributed by atoms with E-state index in [9.17, 15) is 9.59 Å². The van der Waals surface area contributed by atoms with Gasteiger partial charge in [-0.2, -0.15) is 0 Å². The van der Waals surface area contributed by atoms with E-state index in [4.69, 9.17) is 0 Å². The molecule has 2 aromatic rings. The number of carbonyl (C=O) groups excluding carboxylic acids is 2. The summed E-state index contributed by atoms with van der Waals surface area (Å²) in [6.07, 6.45) is 8.15. The standard InChI is InChI=1S/C19H30NO.C17H25NO.HI/c1-5-18(20(6-2)12-7-8-13-20)19(21)14-17-15(3)10-9-11-16(17)4;1-4-16(18-10-5-6-11-18)17(19)12-15-13(2)8-7-9-14(15)3;/h9-11,18H,5-8,12-14H2,1-4H3;7-9,16H,4-6,10-12H2,1-3H3;1H/q+1;;/p-1. The van der Waals surface area contributed by atoms with Crippen LogP contribution in [-0.4, -0.2) is 65.8 Å². The summed E-state index contributed by atoms with van der Waals surface area (Å²) >= 11 is 0. The van der Waals surface area contributed by atoms with Gasteiger partial charge in [-0.3, -0.25) is 14.5 Å². The van der Waals surface area contributed by atoms with E-state index in [0.717, 1.165) is 37.0 Å². The van der Waals surface area contributed by atoms with Crippen LogP contribution in [0.2, 0.25) is 0 Å². The van der Waals surface area contributed by atoms with Crippen molar-refractivity contribution in [1.29, 1.82) is 0 Å². The van der Waals surface area contributed by atoms with Gasteiger partial charge >= 0.3 is 0 Å². The maximum atomic E-state index is 13.0. The van der Waals surface area contributed by atoms with Crippen LogP contribution >= 0.6 is 0 Å². The number of nitrogens with zero attached hydrogens (tertiary/aromatic N) is 2. The van der Waals surface area contributed by atoms with Gasteiger partial charge in [-0.1, -0.05) is 50.2 Å². The summed E-state index contributed by atoms with van der Waals surface area (Å²) in [5.41, 5.74) is 7.46. The molecule has 2 aromatic carbocycles. The first-order valence-corrected chi connectivity index (χ1v) is 15.9. The molecule has 0 radical (unpaired) electrons. The van der Waals surface area contributed by atoms with Crippen LogP contribution in [0.15, 0.2) is 36.4 Å². The van der Waals surface area contributed by atoms with Crippen LogP contribution in [0.3, 0.4) is 0 Å². The molecule has 2 atom stereocenters. The van der Waals surface area contributed by atoms with Crippen LogP contribution in [0.5, 0.6) is 0 Å². The van der Waals surface area contributed by atoms with Crippen molar-refractivity contribution >= 4 is 11.6 Å². The smallest absolute Gasteiger partial charge is 0.194 e. The molecule has 0 bridgehead atoms. The highest BCUT2D eigenvalue weighted by Crippen LogP contribution is 2.27. The molecule has 2 heterocycles. The number of likely N-dealkylation sites (N-methyl/N-ethyl adjacent to an activating group) is 1. The number of carbonyl (C=O) groups is 2. The summed E-state index contributed by atoms with van der Waals surface area (Å²) in [5.74, 6) is 0.834. The fourth-order valence-electron chi connectivity index (χ4n) is 7.32. The van der Waals surface area contributed by atoms with Crippen molar-refractivity contribution in [3.8, 4) is 0 Å². The number of Topliss-reactive ketones (excluding diaryl/α,β-unsaturated/α-hetero) is 2. The highest BCUT2D eigenvalue weighted by atomic mass is 127. The SMILES string of the molecule is CCC(C(=O)Cc1c(C)cccc1C)N1CCCC1.CCC(C(=O)Cc1c(C)cccc1C)[N+]1(CC)CCCC1.[I-]. The molecule has 0 saturated carbocycles. The number of rotatable bonds is 11. The van der Waals surface area contributed by atoms with E-state index < -0.39 is 0 Å². The first kappa shape index (κ1) is 35.6. The average molecular weight is 675 g/mol. The molecule has 228 valence electrons. The van der Waals surface area contributed by atoms with Crippen molar-refractivity contribution in [1.82, 2.24) is 4.90 Å². The third-order valence-electron chi connectivity index (χ3n) is 9.84. The first-order chi connectivity index (χ1) is 19.2. The van der Waals surface area contributed by atoms with Gasteiger partial charge in [0, 0.05) is 32.1 Å². The van der Waals surface area contributed by atoms with Crippen LogP contribution in [0.4, 0.5) is 0 Å². The predicted octanol–water partition coefficient (Wildman–Crippen LogP) is 4.12. The average Bonchev–Trinajstić information content (AvgIpc) is 3.63. The molecule has 5 heteroatoms. The zero-order chi connectivity index (χ0) is 29.3. The third kappa shape index (κ3) is 8.96. The third-order valence-corrected chi connectivity index (χ3v) is 9.84. The van der Waals surface area contributed by atoms with Gasteiger partial charge in [-0.25, -0.2) is 0 Å². The molecule has 4 rings (SSSR count). The molecular formula is C36H55IN2O2. The van der Waals surface area contributed by atoms with Crippen LogP contribution in [0.25, 0.3) is 0 Å². The van der Waals surface area contributed by atoms with Crippen LogP contribution in [0.1, 0.15) is 92.7 Å². The van der Waals surface area contributed by atoms with Crippen molar-refractivity contribution in [2.45, 2.75) is 112 Å². The molecule has 4 nitrogen and oxygen atoms in total. The molecule has 2 unspecified atom stereocenters. The number of ketones is 2. The zero-order valence-corrected chi connectivity index (χ0v) is 29.1. The summed E-state index contributed by atoms with van der Waals surface area (Å²) in [4.78, 5) is 27.9. The van der Waals surface area contributed by atoms with E-state index in [1.165, 1.54) is 72.2 Å². The molecule has 0 aliphatic carbocycles. The minimum absolute atomic E-state index is 0. The summed E-state index contributed by atoms with van der Waals surface area (Å²) < 4.78 is 1.03. The molecule has 2 fully saturated rings. The summed E-state index contributed by atoms with van der Waals surface area (Å²) in [7, 11) is 0. The Labute approximate surface area is 267 Å². The van der Waals surface area contributed by atoms with Gasteiger partial charge in [0.2, 0.25) is 0 Å². The molecular weight excluding hydrogens is 619 g/mol. The highest BCUT2D eigenvalue weighted by molar-refractivity contribution is 5.87. The Bertz CT molecular complexity index is 1090. The van der Waals surface area contributed by atoms with Crippen molar-refractivity contribution in [2.24, 2.45) is 0 Å². The Kier molecular flexibility index (Phi) is 14.7. The molecule has 0 aromatic heterocycles. The Hall–Kier alpha value is -1.57. The molecule has 41 heavy (non-hydrogen) atoms. The number of aryl methyl sites for hydroxylation is 4. The maximum Gasteiger partial charge on any atom is 0.194 e. The maximum absolute atomic E-state index is 13.0. The largest absolute Gasteiger partial charge is 1.00 e. The summed E-state index contributed by atoms with van der Waals surface area (Å²) in [6.45, 7) is 20.7. The van der Waals surface area contributed by atoms with Gasteiger partial charge in [-0.05, 0) is 100 Å². The van der Waals surface area contributed by atoms with E-state index in [1.807, 2.05) is 0 Å². The lowest BCUT2D eigenvalue weighted by Crippen LogP contribution is -3.00. The zero-order valence-electron chi connectivity index (χ0n) is 26.9. The van der Waals surface area contributed by atoms with Gasteiger partial charge in [-0.15, -0.1) is 0 Å². The van der Waals surface area contributed by atoms with Gasteiger partial charge < -0.3 is 28.5 Å². The minimum Gasteiger partial charge on any atom is -1.00 e. The highest BCUT2D eigenvalue weighted by Gasteiger charge is 2.41. The first-order valence-electron chi connectivity index (χ1n) is 15.9. The number of hydrogen-bond donors (Lipinski definition) is 0. The number of likely N-dealkylation sites (tertiary alicyclic amines) is 2. The number of hydrogen-bond acceptors (Lipinski definition) is 3. The minimum atomic E-state index is 0. The Balaban J connectivity index is 0.000000281. The molecule has 2 saturated heterocycles. The second kappa shape index (κ2) is 16.9. The van der Waals surface area contributed by atoms with Crippen molar-refractivity contribution in [2.75, 3.05) is 32.7 Å². The molecule has 2 aliphatic rings. The Morgan fingerprint density at radius 2 is 1.15 bits per heavy atom. The van der Waals surface area contributed by atoms with Crippen LogP contribution < -0.4 is 24.0 Å². The van der Waals surface area contributed by atoms with Crippen molar-refractivity contribution < 1.29 is 38.0 Å². The van der Waals surface area contributed by atoms with E-state index in [0.29, 0.717) is 24.4 Å². The molecule has 2 aliphatic heterocycles. The predicted molar refractivity (Wildman–Crippen MR) is 168 cm³/mol. The van der Waals surface area contributed by atoms with E-state index >= 15 is 0 Å². The number of benzene rings is 2. The fraction of sp³-hybridized carbons (Fsp3) is 0.611. The fourth-order valence-corrected chi connectivity index (χ4v) is 7.32. The normalized spacial score (nSPS) is 17.7. The Morgan fingerprint density at radius 3 is 1.54 bits per heavy atom. The number of quaternary nitrogens is 1. The van der Waals surface area contributed by atoms with Gasteiger partial charge in [0.15, 0.2) is 11.6 Å². The lowest BCUT2D eigenvalue weighted by Gasteiger charge is -2.39. The van der Waals surface area contributed by atoms with Crippen LogP contribution in [0, 0.1) is 27.7 Å². The molecule has 0 spiro atoms. The molecule has 0 amide bonds. The summed E-state index contributed by atoms with van der Waals surface area (Å²) in [6, 6.07) is 12.9. The quantitative estimate of drug-likeness (QED) is 0.266.